The van der Waals surface area contributed by atoms with Crippen molar-refractivity contribution in [2.24, 2.45) is 17.3 Å². The van der Waals surface area contributed by atoms with E-state index in [9.17, 15) is 0 Å². The van der Waals surface area contributed by atoms with Crippen LogP contribution in [0.15, 0.2) is 0 Å². The predicted molar refractivity (Wildman–Crippen MR) is 76.3 cm³/mol. The molecule has 0 aromatic carbocycles. The van der Waals surface area contributed by atoms with Crippen LogP contribution in [0.1, 0.15) is 47.0 Å². The van der Waals surface area contributed by atoms with Gasteiger partial charge in [-0.05, 0) is 42.4 Å². The zero-order valence-electron chi connectivity index (χ0n) is 11.5. The molecule has 1 heterocycles. The van der Waals surface area contributed by atoms with Crippen molar-refractivity contribution in [3.05, 3.63) is 0 Å². The average Bonchev–Trinajstić information content (AvgIpc) is 2.24. The van der Waals surface area contributed by atoms with Gasteiger partial charge in [0.25, 0.3) is 0 Å². The Morgan fingerprint density at radius 3 is 2.56 bits per heavy atom. The van der Waals surface area contributed by atoms with Gasteiger partial charge in [0.05, 0.1) is 0 Å². The third kappa shape index (κ3) is 4.29. The SMILES string of the molecule is CCC1CCCN(CC(CS)C(C)(C)C)C1. The highest BCUT2D eigenvalue weighted by Crippen LogP contribution is 2.29. The molecule has 2 heteroatoms. The van der Waals surface area contributed by atoms with Crippen molar-refractivity contribution in [3.63, 3.8) is 0 Å². The molecule has 0 bridgehead atoms. The Kier molecular flexibility index (Phi) is 5.66. The van der Waals surface area contributed by atoms with Gasteiger partial charge in [-0.15, -0.1) is 0 Å². The molecule has 0 aromatic rings. The highest BCUT2D eigenvalue weighted by molar-refractivity contribution is 7.80. The number of piperidine rings is 1. The van der Waals surface area contributed by atoms with Gasteiger partial charge in [-0.25, -0.2) is 0 Å². The molecule has 1 aliphatic rings. The normalized spacial score (nSPS) is 25.7. The Balaban J connectivity index is 2.45. The summed E-state index contributed by atoms with van der Waals surface area (Å²) in [6, 6.07) is 0. The monoisotopic (exact) mass is 243 g/mol. The molecule has 1 saturated heterocycles. The van der Waals surface area contributed by atoms with Crippen LogP contribution in [-0.4, -0.2) is 30.3 Å². The van der Waals surface area contributed by atoms with Crippen LogP contribution in [0.3, 0.4) is 0 Å². The lowest BCUT2D eigenvalue weighted by Crippen LogP contribution is -2.42. The van der Waals surface area contributed by atoms with E-state index in [1.807, 2.05) is 0 Å². The molecule has 0 radical (unpaired) electrons. The molecule has 0 aliphatic carbocycles. The van der Waals surface area contributed by atoms with Gasteiger partial charge in [0.1, 0.15) is 0 Å². The number of likely N-dealkylation sites (tertiary alicyclic amines) is 1. The fraction of sp³-hybridized carbons (Fsp3) is 1.00. The highest BCUT2D eigenvalue weighted by atomic mass is 32.1. The van der Waals surface area contributed by atoms with Gasteiger partial charge in [-0.1, -0.05) is 34.1 Å². The van der Waals surface area contributed by atoms with Crippen LogP contribution in [0.2, 0.25) is 0 Å². The van der Waals surface area contributed by atoms with E-state index in [1.54, 1.807) is 0 Å². The quantitative estimate of drug-likeness (QED) is 0.737. The Bertz CT molecular complexity index is 197. The Labute approximate surface area is 107 Å². The summed E-state index contributed by atoms with van der Waals surface area (Å²) < 4.78 is 0. The fourth-order valence-corrected chi connectivity index (χ4v) is 3.23. The maximum Gasteiger partial charge on any atom is 0.00226 e. The first-order valence-electron chi connectivity index (χ1n) is 6.80. The Morgan fingerprint density at radius 2 is 2.06 bits per heavy atom. The smallest absolute Gasteiger partial charge is 0.00226 e. The van der Waals surface area contributed by atoms with E-state index >= 15 is 0 Å². The molecule has 1 fully saturated rings. The van der Waals surface area contributed by atoms with Crippen LogP contribution in [0, 0.1) is 17.3 Å². The van der Waals surface area contributed by atoms with Gasteiger partial charge in [-0.2, -0.15) is 12.6 Å². The zero-order valence-corrected chi connectivity index (χ0v) is 12.4. The molecule has 2 atom stereocenters. The largest absolute Gasteiger partial charge is 0.303 e. The van der Waals surface area contributed by atoms with Gasteiger partial charge in [0.2, 0.25) is 0 Å². The summed E-state index contributed by atoms with van der Waals surface area (Å²) in [5, 5.41) is 0. The minimum Gasteiger partial charge on any atom is -0.303 e. The molecule has 1 aliphatic heterocycles. The van der Waals surface area contributed by atoms with E-state index < -0.39 is 0 Å². The summed E-state index contributed by atoms with van der Waals surface area (Å²) in [5.41, 5.74) is 0.390. The minimum atomic E-state index is 0.390. The standard InChI is InChI=1S/C14H29NS/c1-5-12-7-6-8-15(9-12)10-13(11-16)14(2,3)4/h12-13,16H,5-11H2,1-4H3. The van der Waals surface area contributed by atoms with Gasteiger partial charge in [0.15, 0.2) is 0 Å². The van der Waals surface area contributed by atoms with Crippen LogP contribution >= 0.6 is 12.6 Å². The summed E-state index contributed by atoms with van der Waals surface area (Å²) in [6.45, 7) is 13.2. The molecule has 16 heavy (non-hydrogen) atoms. The molecule has 0 aromatic heterocycles. The second kappa shape index (κ2) is 6.30. The van der Waals surface area contributed by atoms with E-state index in [0.717, 1.165) is 11.7 Å². The summed E-state index contributed by atoms with van der Waals surface area (Å²) >= 11 is 4.53. The lowest BCUT2D eigenvalue weighted by atomic mass is 9.81. The second-order valence-electron chi connectivity index (χ2n) is 6.42. The summed E-state index contributed by atoms with van der Waals surface area (Å²) in [4.78, 5) is 2.67. The van der Waals surface area contributed by atoms with E-state index in [1.165, 1.54) is 38.9 Å². The zero-order chi connectivity index (χ0) is 12.2. The van der Waals surface area contributed by atoms with E-state index in [2.05, 4.69) is 45.2 Å². The fourth-order valence-electron chi connectivity index (χ4n) is 2.57. The van der Waals surface area contributed by atoms with Gasteiger partial charge < -0.3 is 4.90 Å². The van der Waals surface area contributed by atoms with Crippen LogP contribution in [-0.2, 0) is 0 Å². The number of rotatable bonds is 4. The highest BCUT2D eigenvalue weighted by Gasteiger charge is 2.27. The molecule has 1 nitrogen and oxygen atoms in total. The molecule has 0 amide bonds. The topological polar surface area (TPSA) is 3.24 Å². The molecule has 2 unspecified atom stereocenters. The van der Waals surface area contributed by atoms with Crippen LogP contribution in [0.5, 0.6) is 0 Å². The van der Waals surface area contributed by atoms with Crippen molar-refractivity contribution in [1.82, 2.24) is 4.90 Å². The maximum absolute atomic E-state index is 4.53. The Hall–Kier alpha value is 0.310. The summed E-state index contributed by atoms with van der Waals surface area (Å²) in [7, 11) is 0. The summed E-state index contributed by atoms with van der Waals surface area (Å²) in [6.07, 6.45) is 4.17. The number of thiol groups is 1. The van der Waals surface area contributed by atoms with Gasteiger partial charge >= 0.3 is 0 Å². The average molecular weight is 243 g/mol. The minimum absolute atomic E-state index is 0.390. The van der Waals surface area contributed by atoms with Crippen molar-refractivity contribution < 1.29 is 0 Å². The molecule has 0 spiro atoms. The number of nitrogens with zero attached hydrogens (tertiary/aromatic N) is 1. The first-order chi connectivity index (χ1) is 7.47. The third-order valence-electron chi connectivity index (χ3n) is 4.10. The molecule has 0 saturated carbocycles. The first-order valence-corrected chi connectivity index (χ1v) is 7.43. The molecular weight excluding hydrogens is 214 g/mol. The molecular formula is C14H29NS. The van der Waals surface area contributed by atoms with E-state index in [4.69, 9.17) is 0 Å². The van der Waals surface area contributed by atoms with Crippen molar-refractivity contribution >= 4 is 12.6 Å². The lowest BCUT2D eigenvalue weighted by molar-refractivity contribution is 0.117. The maximum atomic E-state index is 4.53. The van der Waals surface area contributed by atoms with Crippen molar-refractivity contribution in [2.75, 3.05) is 25.4 Å². The lowest BCUT2D eigenvalue weighted by Gasteiger charge is -2.38. The van der Waals surface area contributed by atoms with E-state index in [0.29, 0.717) is 11.3 Å². The van der Waals surface area contributed by atoms with Gasteiger partial charge in [-0.3, -0.25) is 0 Å². The van der Waals surface area contributed by atoms with Crippen LogP contribution < -0.4 is 0 Å². The second-order valence-corrected chi connectivity index (χ2v) is 6.79. The first kappa shape index (κ1) is 14.4. The summed E-state index contributed by atoms with van der Waals surface area (Å²) in [5.74, 6) is 2.66. The number of hydrogen-bond acceptors (Lipinski definition) is 2. The molecule has 1 rings (SSSR count). The third-order valence-corrected chi connectivity index (χ3v) is 4.54. The van der Waals surface area contributed by atoms with Crippen LogP contribution in [0.4, 0.5) is 0 Å². The molecule has 0 N–H and O–H groups in total. The number of hydrogen-bond donors (Lipinski definition) is 1. The van der Waals surface area contributed by atoms with Crippen molar-refractivity contribution in [2.45, 2.75) is 47.0 Å². The molecule has 96 valence electrons. The van der Waals surface area contributed by atoms with Gasteiger partial charge in [0, 0.05) is 13.1 Å². The van der Waals surface area contributed by atoms with E-state index in [-0.39, 0.29) is 0 Å². The van der Waals surface area contributed by atoms with Crippen molar-refractivity contribution in [1.29, 1.82) is 0 Å². The Morgan fingerprint density at radius 1 is 1.38 bits per heavy atom. The van der Waals surface area contributed by atoms with Crippen LogP contribution in [0.25, 0.3) is 0 Å². The van der Waals surface area contributed by atoms with Crippen molar-refractivity contribution in [3.8, 4) is 0 Å². The predicted octanol–water partition coefficient (Wildman–Crippen LogP) is 3.70.